The Bertz CT molecular complexity index is 385. The lowest BCUT2D eigenvalue weighted by molar-refractivity contribution is 0.0846. The van der Waals surface area contributed by atoms with Crippen LogP contribution in [0.3, 0.4) is 0 Å². The first-order chi connectivity index (χ1) is 8.04. The van der Waals surface area contributed by atoms with Crippen molar-refractivity contribution < 1.29 is 9.90 Å². The average Bonchev–Trinajstić information content (AvgIpc) is 2.34. The van der Waals surface area contributed by atoms with Gasteiger partial charge in [0.1, 0.15) is 5.69 Å². The summed E-state index contributed by atoms with van der Waals surface area (Å²) in [7, 11) is 0. The Morgan fingerprint density at radius 3 is 2.94 bits per heavy atom. The molecule has 17 heavy (non-hydrogen) atoms. The van der Waals surface area contributed by atoms with Crippen molar-refractivity contribution in [1.29, 1.82) is 0 Å². The molecule has 0 bridgehead atoms. The molecule has 0 aliphatic heterocycles. The summed E-state index contributed by atoms with van der Waals surface area (Å²) in [6.45, 7) is 4.16. The fourth-order valence-corrected chi connectivity index (χ4v) is 1.45. The van der Waals surface area contributed by atoms with E-state index in [-0.39, 0.29) is 24.1 Å². The third kappa shape index (κ3) is 4.32. The van der Waals surface area contributed by atoms with Crippen LogP contribution in [0.5, 0.6) is 0 Å². The van der Waals surface area contributed by atoms with E-state index in [1.165, 1.54) is 12.3 Å². The number of amides is 1. The molecule has 1 aromatic heterocycles. The van der Waals surface area contributed by atoms with Crippen LogP contribution in [0.2, 0.25) is 5.02 Å². The lowest BCUT2D eigenvalue weighted by Gasteiger charge is -2.17. The van der Waals surface area contributed by atoms with Crippen molar-refractivity contribution in [2.45, 2.75) is 26.4 Å². The smallest absolute Gasteiger partial charge is 0.270 e. The van der Waals surface area contributed by atoms with Gasteiger partial charge in [-0.1, -0.05) is 31.9 Å². The third-order valence-electron chi connectivity index (χ3n) is 2.73. The molecule has 0 aliphatic rings. The molecule has 5 heteroatoms. The SMILES string of the molecule is CCC(C)C(O)CNC(=O)c1cc(Cl)ccn1. The molecule has 0 fully saturated rings. The summed E-state index contributed by atoms with van der Waals surface area (Å²) in [5.41, 5.74) is 0.258. The van der Waals surface area contributed by atoms with Crippen molar-refractivity contribution in [2.24, 2.45) is 5.92 Å². The number of pyridine rings is 1. The average molecular weight is 257 g/mol. The third-order valence-corrected chi connectivity index (χ3v) is 2.96. The maximum absolute atomic E-state index is 11.7. The molecule has 1 amide bonds. The standard InChI is InChI=1S/C12H17ClN2O2/c1-3-8(2)11(16)7-15-12(17)10-6-9(13)4-5-14-10/h4-6,8,11,16H,3,7H2,1-2H3,(H,15,17). The second-order valence-electron chi connectivity index (χ2n) is 4.02. The predicted molar refractivity (Wildman–Crippen MR) is 67.0 cm³/mol. The van der Waals surface area contributed by atoms with Gasteiger partial charge in [-0.3, -0.25) is 9.78 Å². The number of halogens is 1. The van der Waals surface area contributed by atoms with E-state index in [1.54, 1.807) is 6.07 Å². The van der Waals surface area contributed by atoms with Crippen LogP contribution in [0.25, 0.3) is 0 Å². The van der Waals surface area contributed by atoms with Crippen LogP contribution in [-0.2, 0) is 0 Å². The van der Waals surface area contributed by atoms with E-state index in [1.807, 2.05) is 13.8 Å². The van der Waals surface area contributed by atoms with Gasteiger partial charge in [-0.05, 0) is 18.1 Å². The molecular weight excluding hydrogens is 240 g/mol. The number of hydrogen-bond acceptors (Lipinski definition) is 3. The highest BCUT2D eigenvalue weighted by atomic mass is 35.5. The van der Waals surface area contributed by atoms with Crippen LogP contribution in [0.1, 0.15) is 30.8 Å². The lowest BCUT2D eigenvalue weighted by Crippen LogP contribution is -2.35. The van der Waals surface area contributed by atoms with Crippen LogP contribution in [0.15, 0.2) is 18.3 Å². The van der Waals surface area contributed by atoms with Crippen LogP contribution in [0.4, 0.5) is 0 Å². The Morgan fingerprint density at radius 2 is 2.35 bits per heavy atom. The number of aliphatic hydroxyl groups excluding tert-OH is 1. The van der Waals surface area contributed by atoms with Crippen molar-refractivity contribution >= 4 is 17.5 Å². The molecule has 0 aliphatic carbocycles. The molecule has 0 aromatic carbocycles. The molecule has 2 N–H and O–H groups in total. The van der Waals surface area contributed by atoms with Gasteiger partial charge in [-0.25, -0.2) is 0 Å². The first kappa shape index (κ1) is 13.9. The van der Waals surface area contributed by atoms with Gasteiger partial charge in [-0.2, -0.15) is 0 Å². The highest BCUT2D eigenvalue weighted by molar-refractivity contribution is 6.30. The van der Waals surface area contributed by atoms with E-state index < -0.39 is 6.10 Å². The van der Waals surface area contributed by atoms with Gasteiger partial charge >= 0.3 is 0 Å². The first-order valence-electron chi connectivity index (χ1n) is 5.62. The molecule has 2 unspecified atom stereocenters. The van der Waals surface area contributed by atoms with Crippen molar-refractivity contribution in [1.82, 2.24) is 10.3 Å². The van der Waals surface area contributed by atoms with Crippen molar-refractivity contribution in [3.8, 4) is 0 Å². The summed E-state index contributed by atoms with van der Waals surface area (Å²) in [6.07, 6.45) is 1.80. The Kier molecular flexibility index (Phi) is 5.38. The zero-order chi connectivity index (χ0) is 12.8. The second-order valence-corrected chi connectivity index (χ2v) is 4.46. The fourth-order valence-electron chi connectivity index (χ4n) is 1.29. The largest absolute Gasteiger partial charge is 0.391 e. The summed E-state index contributed by atoms with van der Waals surface area (Å²) < 4.78 is 0. The van der Waals surface area contributed by atoms with Crippen molar-refractivity contribution in [3.63, 3.8) is 0 Å². The highest BCUT2D eigenvalue weighted by Gasteiger charge is 2.14. The monoisotopic (exact) mass is 256 g/mol. The molecule has 0 saturated carbocycles. The van der Waals surface area contributed by atoms with E-state index in [9.17, 15) is 9.90 Å². The van der Waals surface area contributed by atoms with Gasteiger partial charge in [0.25, 0.3) is 5.91 Å². The maximum atomic E-state index is 11.7. The van der Waals surface area contributed by atoms with Gasteiger partial charge in [0.05, 0.1) is 6.10 Å². The molecular formula is C12H17ClN2O2. The first-order valence-corrected chi connectivity index (χ1v) is 6.00. The molecule has 94 valence electrons. The van der Waals surface area contributed by atoms with Gasteiger partial charge in [0.2, 0.25) is 0 Å². The van der Waals surface area contributed by atoms with E-state index in [0.29, 0.717) is 5.02 Å². The second kappa shape index (κ2) is 6.57. The number of hydrogen-bond donors (Lipinski definition) is 2. The Morgan fingerprint density at radius 1 is 1.65 bits per heavy atom. The number of nitrogens with zero attached hydrogens (tertiary/aromatic N) is 1. The van der Waals surface area contributed by atoms with Crippen molar-refractivity contribution in [2.75, 3.05) is 6.54 Å². The number of rotatable bonds is 5. The van der Waals surface area contributed by atoms with Gasteiger partial charge in [-0.15, -0.1) is 0 Å². The Balaban J connectivity index is 2.50. The van der Waals surface area contributed by atoms with Crippen molar-refractivity contribution in [3.05, 3.63) is 29.0 Å². The van der Waals surface area contributed by atoms with Gasteiger partial charge in [0, 0.05) is 17.8 Å². The lowest BCUT2D eigenvalue weighted by atomic mass is 10.0. The van der Waals surface area contributed by atoms with Crippen LogP contribution in [-0.4, -0.2) is 28.6 Å². The minimum atomic E-state index is -0.539. The quantitative estimate of drug-likeness (QED) is 0.846. The van der Waals surface area contributed by atoms with Gasteiger partial charge < -0.3 is 10.4 Å². The predicted octanol–water partition coefficient (Wildman–Crippen LogP) is 1.87. The van der Waals surface area contributed by atoms with E-state index >= 15 is 0 Å². The summed E-state index contributed by atoms with van der Waals surface area (Å²) in [6, 6.07) is 3.10. The van der Waals surface area contributed by atoms with E-state index in [4.69, 9.17) is 11.6 Å². The topological polar surface area (TPSA) is 62.2 Å². The van der Waals surface area contributed by atoms with Crippen LogP contribution >= 0.6 is 11.6 Å². The maximum Gasteiger partial charge on any atom is 0.270 e. The molecule has 0 radical (unpaired) electrons. The Labute approximate surface area is 106 Å². The number of aliphatic hydroxyl groups is 1. The molecule has 4 nitrogen and oxygen atoms in total. The molecule has 0 spiro atoms. The normalized spacial score (nSPS) is 14.1. The van der Waals surface area contributed by atoms with Gasteiger partial charge in [0.15, 0.2) is 0 Å². The molecule has 1 heterocycles. The van der Waals surface area contributed by atoms with Crippen LogP contribution in [0, 0.1) is 5.92 Å². The summed E-state index contributed by atoms with van der Waals surface area (Å²) in [5, 5.41) is 12.8. The fraction of sp³-hybridized carbons (Fsp3) is 0.500. The zero-order valence-electron chi connectivity index (χ0n) is 9.98. The molecule has 1 aromatic rings. The number of carbonyl (C=O) groups is 1. The number of nitrogens with one attached hydrogen (secondary N) is 1. The van der Waals surface area contributed by atoms with E-state index in [2.05, 4.69) is 10.3 Å². The summed E-state index contributed by atoms with van der Waals surface area (Å²) in [4.78, 5) is 15.6. The summed E-state index contributed by atoms with van der Waals surface area (Å²) >= 11 is 5.76. The summed E-state index contributed by atoms with van der Waals surface area (Å²) in [5.74, 6) is -0.169. The van der Waals surface area contributed by atoms with E-state index in [0.717, 1.165) is 6.42 Å². The molecule has 0 saturated heterocycles. The zero-order valence-corrected chi connectivity index (χ0v) is 10.7. The molecule has 2 atom stereocenters. The Hall–Kier alpha value is -1.13. The molecule has 1 rings (SSSR count). The number of aromatic nitrogens is 1. The van der Waals surface area contributed by atoms with Crippen LogP contribution < -0.4 is 5.32 Å². The minimum absolute atomic E-state index is 0.155. The number of carbonyl (C=O) groups excluding carboxylic acids is 1. The minimum Gasteiger partial charge on any atom is -0.391 e. The highest BCUT2D eigenvalue weighted by Crippen LogP contribution is 2.09.